The van der Waals surface area contributed by atoms with E-state index in [1.807, 2.05) is 0 Å². The molecule has 3 nitrogen and oxygen atoms in total. The third-order valence-corrected chi connectivity index (χ3v) is 9.34. The van der Waals surface area contributed by atoms with Gasteiger partial charge in [-0.15, -0.1) is 0 Å². The molecule has 238 valence electrons. The Morgan fingerprint density at radius 3 is 1.04 bits per heavy atom. The summed E-state index contributed by atoms with van der Waals surface area (Å²) < 4.78 is 6.58. The number of rotatable bonds is 7. The quantitative estimate of drug-likeness (QED) is 0.174. The molecule has 0 saturated carbocycles. The van der Waals surface area contributed by atoms with Crippen LogP contribution in [-0.2, 0) is 0 Å². The largest absolute Gasteiger partial charge is 0.456 e. The summed E-state index contributed by atoms with van der Waals surface area (Å²) in [4.78, 5) is 4.59. The third kappa shape index (κ3) is 5.96. The predicted molar refractivity (Wildman–Crippen MR) is 207 cm³/mol. The van der Waals surface area contributed by atoms with Crippen molar-refractivity contribution >= 4 is 56.1 Å². The van der Waals surface area contributed by atoms with E-state index in [0.29, 0.717) is 0 Å². The predicted octanol–water partition coefficient (Wildman–Crippen LogP) is 13.4. The molecule has 0 atom stereocenters. The van der Waals surface area contributed by atoms with Crippen LogP contribution in [0.25, 0.3) is 33.1 Å². The Balaban J connectivity index is 1.14. The zero-order valence-electron chi connectivity index (χ0n) is 28.3. The molecule has 0 aliphatic rings. The van der Waals surface area contributed by atoms with Crippen LogP contribution in [0.5, 0.6) is 0 Å². The summed E-state index contributed by atoms with van der Waals surface area (Å²) in [6.07, 6.45) is 0. The smallest absolute Gasteiger partial charge is 0.137 e. The van der Waals surface area contributed by atoms with Gasteiger partial charge in [0.1, 0.15) is 11.2 Å². The summed E-state index contributed by atoms with van der Waals surface area (Å²) in [6, 6.07) is 56.6. The molecule has 0 amide bonds. The molecule has 0 fully saturated rings. The Hall–Kier alpha value is -6.06. The minimum Gasteiger partial charge on any atom is -0.456 e. The zero-order valence-corrected chi connectivity index (χ0v) is 28.3. The van der Waals surface area contributed by atoms with Crippen LogP contribution in [0.15, 0.2) is 162 Å². The van der Waals surface area contributed by atoms with Crippen molar-refractivity contribution in [2.45, 2.75) is 27.7 Å². The Kier molecular flexibility index (Phi) is 7.74. The van der Waals surface area contributed by atoms with Crippen LogP contribution in [0.3, 0.4) is 0 Å². The number of hydrogen-bond acceptors (Lipinski definition) is 3. The highest BCUT2D eigenvalue weighted by Gasteiger charge is 2.17. The van der Waals surface area contributed by atoms with Crippen molar-refractivity contribution < 1.29 is 4.42 Å². The molecule has 0 spiro atoms. The van der Waals surface area contributed by atoms with Gasteiger partial charge in [0.15, 0.2) is 0 Å². The van der Waals surface area contributed by atoms with Crippen LogP contribution in [0.2, 0.25) is 0 Å². The van der Waals surface area contributed by atoms with E-state index in [1.54, 1.807) is 0 Å². The average molecular weight is 635 g/mol. The van der Waals surface area contributed by atoms with Gasteiger partial charge < -0.3 is 14.2 Å². The molecule has 0 aliphatic carbocycles. The summed E-state index contributed by atoms with van der Waals surface area (Å²) >= 11 is 0. The van der Waals surface area contributed by atoms with Crippen molar-refractivity contribution in [3.8, 4) is 11.1 Å². The molecule has 8 aromatic rings. The lowest BCUT2D eigenvalue weighted by Crippen LogP contribution is -2.09. The van der Waals surface area contributed by atoms with Crippen LogP contribution in [-0.4, -0.2) is 0 Å². The van der Waals surface area contributed by atoms with Gasteiger partial charge in [-0.25, -0.2) is 0 Å². The maximum Gasteiger partial charge on any atom is 0.137 e. The number of benzene rings is 7. The first-order valence-electron chi connectivity index (χ1n) is 16.8. The summed E-state index contributed by atoms with van der Waals surface area (Å²) in [7, 11) is 0. The standard InChI is InChI=1S/C46H38N2O/c1-31-5-16-37(17-6-31)47(38-18-7-32(2)8-19-38)41-24-13-35(14-25-41)36-15-27-43-44-28-26-42(30-46(44)49-45(43)29-36)48(39-20-9-33(3)10-21-39)40-22-11-34(4)12-23-40/h5-30H,1-4H3. The van der Waals surface area contributed by atoms with Gasteiger partial charge in [-0.3, -0.25) is 0 Å². The first kappa shape index (κ1) is 30.3. The normalized spacial score (nSPS) is 11.3. The van der Waals surface area contributed by atoms with Gasteiger partial charge in [-0.2, -0.15) is 0 Å². The van der Waals surface area contributed by atoms with E-state index in [1.165, 1.54) is 22.3 Å². The van der Waals surface area contributed by atoms with E-state index in [2.05, 4.69) is 195 Å². The lowest BCUT2D eigenvalue weighted by molar-refractivity contribution is 0.669. The molecule has 0 aliphatic heterocycles. The number of aryl methyl sites for hydroxylation is 4. The number of nitrogens with zero attached hydrogens (tertiary/aromatic N) is 2. The fourth-order valence-corrected chi connectivity index (χ4v) is 6.56. The molecule has 0 saturated heterocycles. The second kappa shape index (κ2) is 12.5. The fourth-order valence-electron chi connectivity index (χ4n) is 6.56. The van der Waals surface area contributed by atoms with Gasteiger partial charge in [-0.1, -0.05) is 89.0 Å². The van der Waals surface area contributed by atoms with E-state index in [9.17, 15) is 0 Å². The van der Waals surface area contributed by atoms with Crippen molar-refractivity contribution in [2.24, 2.45) is 0 Å². The highest BCUT2D eigenvalue weighted by Crippen LogP contribution is 2.40. The van der Waals surface area contributed by atoms with Crippen molar-refractivity contribution in [2.75, 3.05) is 9.80 Å². The number of hydrogen-bond donors (Lipinski definition) is 0. The van der Waals surface area contributed by atoms with E-state index in [-0.39, 0.29) is 0 Å². The minimum atomic E-state index is 0.871. The maximum absolute atomic E-state index is 6.58. The van der Waals surface area contributed by atoms with Crippen LogP contribution >= 0.6 is 0 Å². The highest BCUT2D eigenvalue weighted by molar-refractivity contribution is 6.07. The molecular weight excluding hydrogens is 597 g/mol. The third-order valence-electron chi connectivity index (χ3n) is 9.34. The first-order chi connectivity index (χ1) is 23.9. The van der Waals surface area contributed by atoms with Gasteiger partial charge in [-0.05, 0) is 124 Å². The molecule has 8 rings (SSSR count). The Labute approximate surface area is 288 Å². The lowest BCUT2D eigenvalue weighted by Gasteiger charge is -2.26. The molecular formula is C46H38N2O. The van der Waals surface area contributed by atoms with Gasteiger partial charge in [0, 0.05) is 51.0 Å². The first-order valence-corrected chi connectivity index (χ1v) is 16.8. The molecule has 0 N–H and O–H groups in total. The number of anilines is 6. The summed E-state index contributed by atoms with van der Waals surface area (Å²) in [5, 5.41) is 2.23. The molecule has 0 unspecified atom stereocenters. The molecule has 1 aromatic heterocycles. The Morgan fingerprint density at radius 1 is 0.306 bits per heavy atom. The molecule has 0 radical (unpaired) electrons. The topological polar surface area (TPSA) is 19.6 Å². The van der Waals surface area contributed by atoms with Crippen LogP contribution in [0.1, 0.15) is 22.3 Å². The van der Waals surface area contributed by atoms with Crippen LogP contribution in [0.4, 0.5) is 34.1 Å². The van der Waals surface area contributed by atoms with Gasteiger partial charge in [0.25, 0.3) is 0 Å². The zero-order chi connectivity index (χ0) is 33.5. The van der Waals surface area contributed by atoms with E-state index in [4.69, 9.17) is 4.42 Å². The monoisotopic (exact) mass is 634 g/mol. The fraction of sp³-hybridized carbons (Fsp3) is 0.0870. The second-order valence-corrected chi connectivity index (χ2v) is 13.1. The highest BCUT2D eigenvalue weighted by atomic mass is 16.3. The SMILES string of the molecule is Cc1ccc(N(c2ccc(C)cc2)c2ccc(-c3ccc4c(c3)oc3cc(N(c5ccc(C)cc5)c5ccc(C)cc5)ccc34)cc2)cc1. The Morgan fingerprint density at radius 2 is 0.612 bits per heavy atom. The van der Waals surface area contributed by atoms with E-state index < -0.39 is 0 Å². The summed E-state index contributed by atoms with van der Waals surface area (Å²) in [5.74, 6) is 0. The van der Waals surface area contributed by atoms with Crippen LogP contribution in [0, 0.1) is 27.7 Å². The molecule has 3 heteroatoms. The second-order valence-electron chi connectivity index (χ2n) is 13.1. The molecule has 1 heterocycles. The number of fused-ring (bicyclic) bond motifs is 3. The molecule has 49 heavy (non-hydrogen) atoms. The van der Waals surface area contributed by atoms with Crippen molar-refractivity contribution in [3.05, 3.63) is 180 Å². The van der Waals surface area contributed by atoms with E-state index >= 15 is 0 Å². The van der Waals surface area contributed by atoms with Crippen LogP contribution < -0.4 is 9.80 Å². The average Bonchev–Trinajstić information content (AvgIpc) is 3.49. The van der Waals surface area contributed by atoms with E-state index in [0.717, 1.165) is 67.2 Å². The minimum absolute atomic E-state index is 0.871. The lowest BCUT2D eigenvalue weighted by atomic mass is 10.0. The van der Waals surface area contributed by atoms with Gasteiger partial charge in [0.2, 0.25) is 0 Å². The van der Waals surface area contributed by atoms with Crippen molar-refractivity contribution in [1.82, 2.24) is 0 Å². The van der Waals surface area contributed by atoms with Gasteiger partial charge in [0.05, 0.1) is 0 Å². The Bertz CT molecular complexity index is 2290. The summed E-state index contributed by atoms with van der Waals surface area (Å²) in [5.41, 5.74) is 15.6. The number of furan rings is 1. The maximum atomic E-state index is 6.58. The molecule has 7 aromatic carbocycles. The van der Waals surface area contributed by atoms with Gasteiger partial charge >= 0.3 is 0 Å². The van der Waals surface area contributed by atoms with Crippen molar-refractivity contribution in [3.63, 3.8) is 0 Å². The van der Waals surface area contributed by atoms with Crippen molar-refractivity contribution in [1.29, 1.82) is 0 Å². The molecule has 0 bridgehead atoms. The summed E-state index contributed by atoms with van der Waals surface area (Å²) in [6.45, 7) is 8.49.